The van der Waals surface area contributed by atoms with Gasteiger partial charge in [0.2, 0.25) is 0 Å². The highest BCUT2D eigenvalue weighted by atomic mass is 32.2. The SMILES string of the molecule is N#Cc1ccc(NCC2(O)CCSCC2)cc1C(F)(F)F. The van der Waals surface area contributed by atoms with Crippen LogP contribution in [0, 0.1) is 11.3 Å². The molecule has 0 amide bonds. The van der Waals surface area contributed by atoms with E-state index in [0.29, 0.717) is 12.8 Å². The number of hydrogen-bond acceptors (Lipinski definition) is 4. The van der Waals surface area contributed by atoms with Gasteiger partial charge in [-0.2, -0.15) is 30.2 Å². The summed E-state index contributed by atoms with van der Waals surface area (Å²) in [6.45, 7) is 0.205. The summed E-state index contributed by atoms with van der Waals surface area (Å²) < 4.78 is 38.6. The fraction of sp³-hybridized carbons (Fsp3) is 0.500. The van der Waals surface area contributed by atoms with Gasteiger partial charge in [-0.15, -0.1) is 0 Å². The Bertz CT molecular complexity index is 548. The normalized spacial score (nSPS) is 18.0. The Hall–Kier alpha value is -1.39. The Balaban J connectivity index is 2.12. The Morgan fingerprint density at radius 3 is 2.57 bits per heavy atom. The van der Waals surface area contributed by atoms with E-state index in [2.05, 4.69) is 5.32 Å². The van der Waals surface area contributed by atoms with Gasteiger partial charge in [0.25, 0.3) is 0 Å². The summed E-state index contributed by atoms with van der Waals surface area (Å²) in [5, 5.41) is 21.9. The van der Waals surface area contributed by atoms with E-state index < -0.39 is 22.9 Å². The molecule has 1 aromatic carbocycles. The summed E-state index contributed by atoms with van der Waals surface area (Å²) in [6, 6.07) is 5.03. The molecule has 1 heterocycles. The molecular formula is C14H15F3N2OS. The van der Waals surface area contributed by atoms with Crippen molar-refractivity contribution in [2.45, 2.75) is 24.6 Å². The zero-order chi connectivity index (χ0) is 15.5. The van der Waals surface area contributed by atoms with Gasteiger partial charge in [-0.3, -0.25) is 0 Å². The maximum Gasteiger partial charge on any atom is 0.417 e. The molecule has 1 aromatic rings. The summed E-state index contributed by atoms with van der Waals surface area (Å²) in [5.41, 5.74) is -1.98. The van der Waals surface area contributed by atoms with Crippen molar-refractivity contribution in [2.75, 3.05) is 23.4 Å². The van der Waals surface area contributed by atoms with Crippen molar-refractivity contribution in [3.63, 3.8) is 0 Å². The maximum atomic E-state index is 12.9. The van der Waals surface area contributed by atoms with Gasteiger partial charge in [0.05, 0.1) is 22.8 Å². The predicted octanol–water partition coefficient (Wildman–Crippen LogP) is 3.25. The Labute approximate surface area is 125 Å². The van der Waals surface area contributed by atoms with E-state index in [-0.39, 0.29) is 12.2 Å². The number of rotatable bonds is 3. The van der Waals surface area contributed by atoms with Crippen LogP contribution in [0.4, 0.5) is 18.9 Å². The first-order valence-corrected chi connectivity index (χ1v) is 7.65. The number of alkyl halides is 3. The number of anilines is 1. The lowest BCUT2D eigenvalue weighted by Crippen LogP contribution is -2.40. The quantitative estimate of drug-likeness (QED) is 0.899. The fourth-order valence-electron chi connectivity index (χ4n) is 2.18. The number of nitrogens with one attached hydrogen (secondary N) is 1. The summed E-state index contributed by atoms with van der Waals surface area (Å²) in [5.74, 6) is 1.69. The molecule has 114 valence electrons. The third-order valence-electron chi connectivity index (χ3n) is 3.49. The molecule has 0 radical (unpaired) electrons. The second kappa shape index (κ2) is 6.16. The van der Waals surface area contributed by atoms with Crippen LogP contribution in [0.2, 0.25) is 0 Å². The minimum absolute atomic E-state index is 0.205. The van der Waals surface area contributed by atoms with Gasteiger partial charge in [0, 0.05) is 12.2 Å². The first-order chi connectivity index (χ1) is 9.84. The van der Waals surface area contributed by atoms with Crippen LogP contribution in [0.15, 0.2) is 18.2 Å². The smallest absolute Gasteiger partial charge is 0.388 e. The molecule has 21 heavy (non-hydrogen) atoms. The van der Waals surface area contributed by atoms with E-state index in [0.717, 1.165) is 23.6 Å². The summed E-state index contributed by atoms with van der Waals surface area (Å²) in [6.07, 6.45) is -3.33. The number of halogens is 3. The molecule has 3 nitrogen and oxygen atoms in total. The van der Waals surface area contributed by atoms with Gasteiger partial charge >= 0.3 is 6.18 Å². The van der Waals surface area contributed by atoms with Crippen molar-refractivity contribution < 1.29 is 18.3 Å². The van der Waals surface area contributed by atoms with Crippen molar-refractivity contribution in [3.8, 4) is 6.07 Å². The van der Waals surface area contributed by atoms with Gasteiger partial charge in [-0.05, 0) is 42.5 Å². The van der Waals surface area contributed by atoms with Crippen LogP contribution in [-0.2, 0) is 6.18 Å². The predicted molar refractivity (Wildman–Crippen MR) is 76.2 cm³/mol. The van der Waals surface area contributed by atoms with E-state index >= 15 is 0 Å². The highest BCUT2D eigenvalue weighted by Gasteiger charge is 2.34. The largest absolute Gasteiger partial charge is 0.417 e. The molecule has 0 saturated carbocycles. The average Bonchev–Trinajstić information content (AvgIpc) is 2.45. The number of hydrogen-bond donors (Lipinski definition) is 2. The lowest BCUT2D eigenvalue weighted by Gasteiger charge is -2.32. The number of benzene rings is 1. The molecule has 0 spiro atoms. The minimum atomic E-state index is -4.57. The third-order valence-corrected chi connectivity index (χ3v) is 4.48. The Kier molecular flexibility index (Phi) is 4.69. The van der Waals surface area contributed by atoms with Gasteiger partial charge in [-0.1, -0.05) is 0 Å². The topological polar surface area (TPSA) is 56.0 Å². The summed E-state index contributed by atoms with van der Waals surface area (Å²) in [7, 11) is 0. The molecule has 2 rings (SSSR count). The fourth-order valence-corrected chi connectivity index (χ4v) is 3.43. The van der Waals surface area contributed by atoms with Gasteiger partial charge in [0.1, 0.15) is 0 Å². The number of thioether (sulfide) groups is 1. The molecule has 1 aliphatic heterocycles. The van der Waals surface area contributed by atoms with Crippen LogP contribution in [0.5, 0.6) is 0 Å². The molecule has 1 aliphatic rings. The summed E-state index contributed by atoms with van der Waals surface area (Å²) in [4.78, 5) is 0. The standard InChI is InChI=1S/C14H15F3N2OS/c15-14(16,17)12-7-11(2-1-10(12)8-18)19-9-13(20)3-5-21-6-4-13/h1-2,7,19-20H,3-6,9H2. The van der Waals surface area contributed by atoms with Gasteiger partial charge in [-0.25, -0.2) is 0 Å². The molecule has 0 aliphatic carbocycles. The van der Waals surface area contributed by atoms with E-state index in [1.54, 1.807) is 17.8 Å². The number of nitrogens with zero attached hydrogens (tertiary/aromatic N) is 1. The van der Waals surface area contributed by atoms with Gasteiger partial charge < -0.3 is 10.4 Å². The van der Waals surface area contributed by atoms with Crippen molar-refractivity contribution in [1.82, 2.24) is 0 Å². The van der Waals surface area contributed by atoms with E-state index in [1.165, 1.54) is 6.07 Å². The zero-order valence-electron chi connectivity index (χ0n) is 11.2. The van der Waals surface area contributed by atoms with Crippen molar-refractivity contribution in [2.24, 2.45) is 0 Å². The second-order valence-corrected chi connectivity index (χ2v) is 6.28. The van der Waals surface area contributed by atoms with Crippen LogP contribution in [0.3, 0.4) is 0 Å². The van der Waals surface area contributed by atoms with Crippen LogP contribution in [0.25, 0.3) is 0 Å². The summed E-state index contributed by atoms with van der Waals surface area (Å²) >= 11 is 1.76. The monoisotopic (exact) mass is 316 g/mol. The maximum absolute atomic E-state index is 12.9. The van der Waals surface area contributed by atoms with Crippen LogP contribution >= 0.6 is 11.8 Å². The molecular weight excluding hydrogens is 301 g/mol. The highest BCUT2D eigenvalue weighted by molar-refractivity contribution is 7.99. The molecule has 1 saturated heterocycles. The van der Waals surface area contributed by atoms with Crippen molar-refractivity contribution >= 4 is 17.4 Å². The molecule has 1 fully saturated rings. The van der Waals surface area contributed by atoms with Crippen molar-refractivity contribution in [3.05, 3.63) is 29.3 Å². The first-order valence-electron chi connectivity index (χ1n) is 6.49. The first kappa shape index (κ1) is 16.0. The molecule has 2 N–H and O–H groups in total. The van der Waals surface area contributed by atoms with E-state index in [1.807, 2.05) is 0 Å². The molecule has 0 atom stereocenters. The van der Waals surface area contributed by atoms with E-state index in [4.69, 9.17) is 5.26 Å². The second-order valence-electron chi connectivity index (χ2n) is 5.06. The highest BCUT2D eigenvalue weighted by Crippen LogP contribution is 2.34. The lowest BCUT2D eigenvalue weighted by molar-refractivity contribution is -0.137. The molecule has 0 bridgehead atoms. The Morgan fingerprint density at radius 2 is 2.00 bits per heavy atom. The van der Waals surface area contributed by atoms with Crippen LogP contribution < -0.4 is 5.32 Å². The minimum Gasteiger partial charge on any atom is -0.388 e. The lowest BCUT2D eigenvalue weighted by atomic mass is 9.96. The average molecular weight is 316 g/mol. The van der Waals surface area contributed by atoms with Crippen molar-refractivity contribution in [1.29, 1.82) is 5.26 Å². The molecule has 0 unspecified atom stereocenters. The molecule has 7 heteroatoms. The van der Waals surface area contributed by atoms with Gasteiger partial charge in [0.15, 0.2) is 0 Å². The molecule has 0 aromatic heterocycles. The number of nitriles is 1. The van der Waals surface area contributed by atoms with Crippen LogP contribution in [0.1, 0.15) is 24.0 Å². The van der Waals surface area contributed by atoms with E-state index in [9.17, 15) is 18.3 Å². The third kappa shape index (κ3) is 4.05. The number of aliphatic hydroxyl groups is 1. The van der Waals surface area contributed by atoms with Crippen LogP contribution in [-0.4, -0.2) is 28.8 Å². The zero-order valence-corrected chi connectivity index (χ0v) is 12.0. The Morgan fingerprint density at radius 1 is 1.33 bits per heavy atom.